The van der Waals surface area contributed by atoms with E-state index < -0.39 is 0 Å². The van der Waals surface area contributed by atoms with Crippen molar-refractivity contribution in [3.63, 3.8) is 0 Å². The van der Waals surface area contributed by atoms with E-state index in [4.69, 9.17) is 4.42 Å². The monoisotopic (exact) mass is 186 g/mol. The molecule has 1 aliphatic carbocycles. The van der Waals surface area contributed by atoms with Crippen LogP contribution in [0, 0.1) is 0 Å². The average Bonchev–Trinajstić information content (AvgIpc) is 2.88. The van der Waals surface area contributed by atoms with Gasteiger partial charge in [0.05, 0.1) is 6.26 Å². The summed E-state index contributed by atoms with van der Waals surface area (Å²) in [6.45, 7) is 0. The van der Waals surface area contributed by atoms with Crippen LogP contribution in [0.15, 0.2) is 34.9 Å². The quantitative estimate of drug-likeness (QED) is 0.653. The molecule has 2 aromatic rings. The zero-order valence-corrected chi connectivity index (χ0v) is 8.20. The lowest BCUT2D eigenvalue weighted by Gasteiger charge is -2.08. The normalized spacial score (nSPS) is 18.0. The number of fused-ring (bicyclic) bond motifs is 1. The summed E-state index contributed by atoms with van der Waals surface area (Å²) >= 11 is 0. The van der Waals surface area contributed by atoms with E-state index in [1.54, 1.807) is 6.26 Å². The van der Waals surface area contributed by atoms with Crippen molar-refractivity contribution in [1.82, 2.24) is 0 Å². The molecule has 0 atom stereocenters. The van der Waals surface area contributed by atoms with E-state index in [2.05, 4.69) is 18.2 Å². The van der Waals surface area contributed by atoms with Gasteiger partial charge in [-0.2, -0.15) is 0 Å². The van der Waals surface area contributed by atoms with Crippen molar-refractivity contribution in [2.24, 2.45) is 0 Å². The Morgan fingerprint density at radius 3 is 2.79 bits per heavy atom. The van der Waals surface area contributed by atoms with Gasteiger partial charge in [-0.15, -0.1) is 0 Å². The fourth-order valence-electron chi connectivity index (χ4n) is 2.50. The molecular formula is C13H14O. The molecule has 1 saturated carbocycles. The minimum absolute atomic E-state index is 0.800. The Kier molecular flexibility index (Phi) is 1.83. The first-order chi connectivity index (χ1) is 6.93. The van der Waals surface area contributed by atoms with E-state index in [1.807, 2.05) is 6.07 Å². The first-order valence-electron chi connectivity index (χ1n) is 5.41. The van der Waals surface area contributed by atoms with Gasteiger partial charge in [0.25, 0.3) is 0 Å². The van der Waals surface area contributed by atoms with Gasteiger partial charge in [-0.25, -0.2) is 0 Å². The molecule has 0 saturated heterocycles. The molecule has 0 amide bonds. The van der Waals surface area contributed by atoms with Gasteiger partial charge in [0.2, 0.25) is 0 Å². The number of furan rings is 1. The number of hydrogen-bond acceptors (Lipinski definition) is 1. The van der Waals surface area contributed by atoms with Crippen LogP contribution >= 0.6 is 0 Å². The molecule has 3 rings (SSSR count). The molecule has 0 radical (unpaired) electrons. The summed E-state index contributed by atoms with van der Waals surface area (Å²) in [7, 11) is 0. The van der Waals surface area contributed by atoms with E-state index in [0.29, 0.717) is 0 Å². The summed E-state index contributed by atoms with van der Waals surface area (Å²) in [5, 5.41) is 1.24. The van der Waals surface area contributed by atoms with Gasteiger partial charge in [0.1, 0.15) is 5.58 Å². The second kappa shape index (κ2) is 3.16. The Morgan fingerprint density at radius 1 is 1.07 bits per heavy atom. The van der Waals surface area contributed by atoms with Crippen molar-refractivity contribution < 1.29 is 4.42 Å². The van der Waals surface area contributed by atoms with E-state index in [9.17, 15) is 0 Å². The molecule has 0 spiro atoms. The molecule has 1 aromatic carbocycles. The summed E-state index contributed by atoms with van der Waals surface area (Å²) in [4.78, 5) is 0. The third kappa shape index (κ3) is 1.24. The standard InChI is InChI=1S/C13H14O/c1-2-4-10(3-1)11-5-6-13-12(9-11)7-8-14-13/h5-10H,1-4H2. The molecule has 0 unspecified atom stereocenters. The van der Waals surface area contributed by atoms with Crippen LogP contribution in [0.1, 0.15) is 37.2 Å². The summed E-state index contributed by atoms with van der Waals surface area (Å²) in [6, 6.07) is 8.66. The molecule has 1 nitrogen and oxygen atoms in total. The molecule has 0 N–H and O–H groups in total. The van der Waals surface area contributed by atoms with Crippen LogP contribution < -0.4 is 0 Å². The zero-order valence-electron chi connectivity index (χ0n) is 8.20. The van der Waals surface area contributed by atoms with Gasteiger partial charge in [-0.1, -0.05) is 18.9 Å². The van der Waals surface area contributed by atoms with E-state index in [1.165, 1.54) is 36.6 Å². The van der Waals surface area contributed by atoms with Crippen LogP contribution in [0.4, 0.5) is 0 Å². The molecule has 1 aromatic heterocycles. The van der Waals surface area contributed by atoms with Crippen LogP contribution in [0.2, 0.25) is 0 Å². The summed E-state index contributed by atoms with van der Waals surface area (Å²) < 4.78 is 5.34. The number of hydrogen-bond donors (Lipinski definition) is 0. The molecule has 14 heavy (non-hydrogen) atoms. The Hall–Kier alpha value is -1.24. The third-order valence-electron chi connectivity index (χ3n) is 3.30. The summed E-state index contributed by atoms with van der Waals surface area (Å²) in [5.74, 6) is 0.800. The highest BCUT2D eigenvalue weighted by Gasteiger charge is 2.17. The molecular weight excluding hydrogens is 172 g/mol. The second-order valence-corrected chi connectivity index (χ2v) is 4.20. The van der Waals surface area contributed by atoms with Gasteiger partial charge >= 0.3 is 0 Å². The van der Waals surface area contributed by atoms with E-state index >= 15 is 0 Å². The minimum Gasteiger partial charge on any atom is -0.464 e. The molecule has 0 aliphatic heterocycles. The molecule has 72 valence electrons. The van der Waals surface area contributed by atoms with Crippen molar-refractivity contribution >= 4 is 11.0 Å². The fraction of sp³-hybridized carbons (Fsp3) is 0.385. The number of rotatable bonds is 1. The first-order valence-corrected chi connectivity index (χ1v) is 5.41. The van der Waals surface area contributed by atoms with E-state index in [-0.39, 0.29) is 0 Å². The van der Waals surface area contributed by atoms with Gasteiger partial charge in [0.15, 0.2) is 0 Å². The minimum atomic E-state index is 0.800. The Balaban J connectivity index is 2.04. The molecule has 1 fully saturated rings. The zero-order chi connectivity index (χ0) is 9.38. The van der Waals surface area contributed by atoms with Gasteiger partial charge in [-0.3, -0.25) is 0 Å². The maximum atomic E-state index is 5.34. The predicted octanol–water partition coefficient (Wildman–Crippen LogP) is 4.09. The lowest BCUT2D eigenvalue weighted by molar-refractivity contribution is 0.615. The maximum Gasteiger partial charge on any atom is 0.133 e. The van der Waals surface area contributed by atoms with Gasteiger partial charge < -0.3 is 4.42 Å². The molecule has 0 bridgehead atoms. The topological polar surface area (TPSA) is 13.1 Å². The highest BCUT2D eigenvalue weighted by molar-refractivity contribution is 5.77. The smallest absolute Gasteiger partial charge is 0.133 e. The second-order valence-electron chi connectivity index (χ2n) is 4.20. The summed E-state index contributed by atoms with van der Waals surface area (Å²) in [5.41, 5.74) is 2.50. The predicted molar refractivity (Wildman–Crippen MR) is 57.4 cm³/mol. The SMILES string of the molecule is c1cc2cc(C3CCCC3)ccc2o1. The van der Waals surface area contributed by atoms with Crippen molar-refractivity contribution in [2.75, 3.05) is 0 Å². The highest BCUT2D eigenvalue weighted by Crippen LogP contribution is 2.35. The van der Waals surface area contributed by atoms with Crippen LogP contribution in [-0.2, 0) is 0 Å². The van der Waals surface area contributed by atoms with Gasteiger partial charge in [0, 0.05) is 5.39 Å². The van der Waals surface area contributed by atoms with Crippen molar-refractivity contribution in [1.29, 1.82) is 0 Å². The Bertz CT molecular complexity index is 435. The van der Waals surface area contributed by atoms with Crippen LogP contribution in [0.3, 0.4) is 0 Å². The van der Waals surface area contributed by atoms with E-state index in [0.717, 1.165) is 11.5 Å². The Morgan fingerprint density at radius 2 is 1.93 bits per heavy atom. The van der Waals surface area contributed by atoms with Crippen LogP contribution in [-0.4, -0.2) is 0 Å². The fourth-order valence-corrected chi connectivity index (χ4v) is 2.50. The highest BCUT2D eigenvalue weighted by atomic mass is 16.3. The van der Waals surface area contributed by atoms with Crippen LogP contribution in [0.5, 0.6) is 0 Å². The summed E-state index contributed by atoms with van der Waals surface area (Å²) in [6.07, 6.45) is 7.29. The molecule has 1 heterocycles. The molecule has 1 heteroatoms. The first kappa shape index (κ1) is 8.10. The lowest BCUT2D eigenvalue weighted by Crippen LogP contribution is -1.90. The third-order valence-corrected chi connectivity index (χ3v) is 3.30. The van der Waals surface area contributed by atoms with Crippen molar-refractivity contribution in [2.45, 2.75) is 31.6 Å². The lowest BCUT2D eigenvalue weighted by atomic mass is 9.97. The van der Waals surface area contributed by atoms with Crippen LogP contribution in [0.25, 0.3) is 11.0 Å². The largest absolute Gasteiger partial charge is 0.464 e. The van der Waals surface area contributed by atoms with Crippen molar-refractivity contribution in [3.8, 4) is 0 Å². The average molecular weight is 186 g/mol. The maximum absolute atomic E-state index is 5.34. The number of benzene rings is 1. The van der Waals surface area contributed by atoms with Crippen molar-refractivity contribution in [3.05, 3.63) is 36.1 Å². The van der Waals surface area contributed by atoms with Gasteiger partial charge in [-0.05, 0) is 42.5 Å². The molecule has 1 aliphatic rings. The Labute approximate surface area is 83.7 Å².